The van der Waals surface area contributed by atoms with Gasteiger partial charge in [-0.25, -0.2) is 0 Å². The molecule has 2 unspecified atom stereocenters. The van der Waals surface area contributed by atoms with E-state index < -0.39 is 0 Å². The van der Waals surface area contributed by atoms with E-state index in [2.05, 4.69) is 55.4 Å². The Morgan fingerprint density at radius 3 is 2.82 bits per heavy atom. The van der Waals surface area contributed by atoms with Crippen LogP contribution in [0.5, 0.6) is 0 Å². The van der Waals surface area contributed by atoms with Crippen LogP contribution in [0.3, 0.4) is 0 Å². The van der Waals surface area contributed by atoms with E-state index in [4.69, 9.17) is 0 Å². The first-order valence-electron chi connectivity index (χ1n) is 6.64. The van der Waals surface area contributed by atoms with Crippen LogP contribution in [0.4, 0.5) is 0 Å². The minimum Gasteiger partial charge on any atom is -0.310 e. The lowest BCUT2D eigenvalue weighted by molar-refractivity contribution is 0.384. The van der Waals surface area contributed by atoms with E-state index in [1.54, 1.807) is 0 Å². The van der Waals surface area contributed by atoms with Crippen molar-refractivity contribution >= 4 is 0 Å². The van der Waals surface area contributed by atoms with Crippen LogP contribution in [-0.4, -0.2) is 37.1 Å². The zero-order valence-corrected chi connectivity index (χ0v) is 11.2. The zero-order chi connectivity index (χ0) is 12.3. The van der Waals surface area contributed by atoms with Crippen molar-refractivity contribution in [3.05, 3.63) is 35.4 Å². The van der Waals surface area contributed by atoms with Gasteiger partial charge in [-0.15, -0.1) is 0 Å². The monoisotopic (exact) mass is 232 g/mol. The number of aryl methyl sites for hydroxylation is 1. The van der Waals surface area contributed by atoms with Gasteiger partial charge in [0.25, 0.3) is 0 Å². The molecule has 0 saturated carbocycles. The summed E-state index contributed by atoms with van der Waals surface area (Å²) >= 11 is 0. The summed E-state index contributed by atoms with van der Waals surface area (Å²) in [5, 5.41) is 3.74. The van der Waals surface area contributed by atoms with Gasteiger partial charge in [-0.05, 0) is 51.4 Å². The summed E-state index contributed by atoms with van der Waals surface area (Å²) in [6.45, 7) is 6.92. The Balaban J connectivity index is 1.85. The molecular formula is C15H24N2. The van der Waals surface area contributed by atoms with E-state index in [0.717, 1.165) is 6.42 Å². The fourth-order valence-corrected chi connectivity index (χ4v) is 2.70. The molecule has 2 atom stereocenters. The summed E-state index contributed by atoms with van der Waals surface area (Å²) in [6.07, 6.45) is 2.42. The molecule has 1 aliphatic rings. The van der Waals surface area contributed by atoms with Crippen LogP contribution in [0.2, 0.25) is 0 Å². The average molecular weight is 232 g/mol. The van der Waals surface area contributed by atoms with Crippen LogP contribution in [0.1, 0.15) is 24.5 Å². The standard InChI is InChI=1S/C15H24N2/c1-12-6-4-5-7-14(12)10-13(2)16-15-8-9-17(3)11-15/h4-7,13,15-16H,8-11H2,1-3H3. The molecule has 1 fully saturated rings. The van der Waals surface area contributed by atoms with Gasteiger partial charge in [-0.2, -0.15) is 0 Å². The summed E-state index contributed by atoms with van der Waals surface area (Å²) in [4.78, 5) is 2.40. The van der Waals surface area contributed by atoms with E-state index in [-0.39, 0.29) is 0 Å². The van der Waals surface area contributed by atoms with E-state index in [9.17, 15) is 0 Å². The molecule has 0 amide bonds. The van der Waals surface area contributed by atoms with Gasteiger partial charge in [0, 0.05) is 18.6 Å². The fraction of sp³-hybridized carbons (Fsp3) is 0.600. The highest BCUT2D eigenvalue weighted by Gasteiger charge is 2.20. The first-order valence-corrected chi connectivity index (χ1v) is 6.64. The van der Waals surface area contributed by atoms with Gasteiger partial charge in [-0.3, -0.25) is 0 Å². The van der Waals surface area contributed by atoms with Crippen molar-refractivity contribution in [2.75, 3.05) is 20.1 Å². The first-order chi connectivity index (χ1) is 8.15. The molecule has 1 heterocycles. The van der Waals surface area contributed by atoms with Crippen molar-refractivity contribution in [1.29, 1.82) is 0 Å². The smallest absolute Gasteiger partial charge is 0.0209 e. The van der Waals surface area contributed by atoms with Crippen LogP contribution in [0, 0.1) is 6.92 Å². The molecule has 0 aromatic heterocycles. The summed E-state index contributed by atoms with van der Waals surface area (Å²) in [6, 6.07) is 9.94. The Hall–Kier alpha value is -0.860. The number of hydrogen-bond donors (Lipinski definition) is 1. The summed E-state index contributed by atoms with van der Waals surface area (Å²) in [5.74, 6) is 0. The van der Waals surface area contributed by atoms with Gasteiger partial charge in [0.15, 0.2) is 0 Å². The number of hydrogen-bond acceptors (Lipinski definition) is 2. The number of likely N-dealkylation sites (tertiary alicyclic amines) is 1. The Kier molecular flexibility index (Phi) is 4.19. The normalized spacial score (nSPS) is 22.9. The maximum absolute atomic E-state index is 3.74. The largest absolute Gasteiger partial charge is 0.310 e. The Morgan fingerprint density at radius 1 is 1.41 bits per heavy atom. The topological polar surface area (TPSA) is 15.3 Å². The van der Waals surface area contributed by atoms with E-state index >= 15 is 0 Å². The lowest BCUT2D eigenvalue weighted by Gasteiger charge is -2.20. The molecule has 2 heteroatoms. The van der Waals surface area contributed by atoms with Crippen molar-refractivity contribution in [2.45, 2.75) is 38.8 Å². The second kappa shape index (κ2) is 5.65. The maximum Gasteiger partial charge on any atom is 0.0209 e. The third-order valence-electron chi connectivity index (χ3n) is 3.70. The Morgan fingerprint density at radius 2 is 2.18 bits per heavy atom. The lowest BCUT2D eigenvalue weighted by atomic mass is 10.0. The van der Waals surface area contributed by atoms with E-state index in [0.29, 0.717) is 12.1 Å². The summed E-state index contributed by atoms with van der Waals surface area (Å²) in [7, 11) is 2.20. The van der Waals surface area contributed by atoms with Crippen LogP contribution in [0.15, 0.2) is 24.3 Å². The first kappa shape index (κ1) is 12.6. The van der Waals surface area contributed by atoms with Gasteiger partial charge in [0.05, 0.1) is 0 Å². The molecule has 2 nitrogen and oxygen atoms in total. The number of benzene rings is 1. The number of nitrogens with one attached hydrogen (secondary N) is 1. The van der Waals surface area contributed by atoms with Crippen molar-refractivity contribution in [1.82, 2.24) is 10.2 Å². The molecule has 1 N–H and O–H groups in total. The second-order valence-corrected chi connectivity index (χ2v) is 5.45. The number of rotatable bonds is 4. The highest BCUT2D eigenvalue weighted by Crippen LogP contribution is 2.12. The van der Waals surface area contributed by atoms with Crippen LogP contribution < -0.4 is 5.32 Å². The molecule has 1 aromatic carbocycles. The quantitative estimate of drug-likeness (QED) is 0.856. The molecule has 1 aromatic rings. The van der Waals surface area contributed by atoms with Crippen molar-refractivity contribution in [3.63, 3.8) is 0 Å². The van der Waals surface area contributed by atoms with Crippen molar-refractivity contribution in [2.24, 2.45) is 0 Å². The number of likely N-dealkylation sites (N-methyl/N-ethyl adjacent to an activating group) is 1. The highest BCUT2D eigenvalue weighted by atomic mass is 15.2. The summed E-state index contributed by atoms with van der Waals surface area (Å²) in [5.41, 5.74) is 2.88. The molecule has 17 heavy (non-hydrogen) atoms. The predicted molar refractivity (Wildman–Crippen MR) is 73.4 cm³/mol. The molecule has 94 valence electrons. The zero-order valence-electron chi connectivity index (χ0n) is 11.2. The van der Waals surface area contributed by atoms with E-state index in [1.165, 1.54) is 30.6 Å². The molecule has 0 spiro atoms. The molecule has 2 rings (SSSR count). The molecule has 1 saturated heterocycles. The van der Waals surface area contributed by atoms with Crippen molar-refractivity contribution in [3.8, 4) is 0 Å². The fourth-order valence-electron chi connectivity index (χ4n) is 2.70. The van der Waals surface area contributed by atoms with Gasteiger partial charge < -0.3 is 10.2 Å². The minimum absolute atomic E-state index is 0.563. The average Bonchev–Trinajstić information content (AvgIpc) is 2.67. The summed E-state index contributed by atoms with van der Waals surface area (Å²) < 4.78 is 0. The van der Waals surface area contributed by atoms with E-state index in [1.807, 2.05) is 0 Å². The molecule has 1 aliphatic heterocycles. The van der Waals surface area contributed by atoms with Gasteiger partial charge in [0.2, 0.25) is 0 Å². The highest BCUT2D eigenvalue weighted by molar-refractivity contribution is 5.26. The second-order valence-electron chi connectivity index (χ2n) is 5.45. The molecule has 0 radical (unpaired) electrons. The predicted octanol–water partition coefficient (Wildman–Crippen LogP) is 2.22. The van der Waals surface area contributed by atoms with Gasteiger partial charge >= 0.3 is 0 Å². The van der Waals surface area contributed by atoms with Crippen molar-refractivity contribution < 1.29 is 0 Å². The third kappa shape index (κ3) is 3.55. The minimum atomic E-state index is 0.563. The van der Waals surface area contributed by atoms with Gasteiger partial charge in [0.1, 0.15) is 0 Å². The lowest BCUT2D eigenvalue weighted by Crippen LogP contribution is -2.39. The molecule has 0 bridgehead atoms. The molecule has 0 aliphatic carbocycles. The Bertz CT molecular complexity index is 362. The van der Waals surface area contributed by atoms with Crippen LogP contribution in [-0.2, 0) is 6.42 Å². The molecular weight excluding hydrogens is 208 g/mol. The van der Waals surface area contributed by atoms with Crippen LogP contribution in [0.25, 0.3) is 0 Å². The van der Waals surface area contributed by atoms with Gasteiger partial charge in [-0.1, -0.05) is 24.3 Å². The third-order valence-corrected chi connectivity index (χ3v) is 3.70. The number of nitrogens with zero attached hydrogens (tertiary/aromatic N) is 1. The SMILES string of the molecule is Cc1ccccc1CC(C)NC1CCN(C)C1. The van der Waals surface area contributed by atoms with Crippen LogP contribution >= 0.6 is 0 Å². The Labute approximate surface area is 105 Å². The maximum atomic E-state index is 3.74.